The van der Waals surface area contributed by atoms with E-state index in [1.807, 2.05) is 18.2 Å². The second kappa shape index (κ2) is 6.45. The van der Waals surface area contributed by atoms with E-state index in [2.05, 4.69) is 25.2 Å². The van der Waals surface area contributed by atoms with E-state index in [1.165, 1.54) is 0 Å². The number of fused-ring (bicyclic) bond motifs is 1. The number of hydrogen-bond donors (Lipinski definition) is 1. The van der Waals surface area contributed by atoms with E-state index in [0.29, 0.717) is 0 Å². The van der Waals surface area contributed by atoms with E-state index in [-0.39, 0.29) is 12.1 Å². The molecule has 1 aliphatic heterocycles. The van der Waals surface area contributed by atoms with Gasteiger partial charge in [0.15, 0.2) is 0 Å². The average Bonchev–Trinajstić information content (AvgIpc) is 3.27. The van der Waals surface area contributed by atoms with Gasteiger partial charge >= 0.3 is 0 Å². The number of methoxy groups -OCH3 is 1. The molecule has 0 saturated carbocycles. The summed E-state index contributed by atoms with van der Waals surface area (Å²) < 4.78 is 11.0. The predicted molar refractivity (Wildman–Crippen MR) is 91.1 cm³/mol. The van der Waals surface area contributed by atoms with Gasteiger partial charge in [-0.1, -0.05) is 0 Å². The van der Waals surface area contributed by atoms with Crippen LogP contribution in [0.1, 0.15) is 6.42 Å². The maximum Gasteiger partial charge on any atom is 0.139 e. The van der Waals surface area contributed by atoms with Crippen molar-refractivity contribution in [1.82, 2.24) is 15.0 Å². The van der Waals surface area contributed by atoms with Gasteiger partial charge in [0.25, 0.3) is 0 Å². The monoisotopic (exact) mass is 325 g/mol. The molecule has 1 saturated heterocycles. The van der Waals surface area contributed by atoms with Gasteiger partial charge in [-0.3, -0.25) is 0 Å². The van der Waals surface area contributed by atoms with Crippen LogP contribution in [0, 0.1) is 0 Å². The minimum absolute atomic E-state index is 0.199. The number of anilines is 2. The summed E-state index contributed by atoms with van der Waals surface area (Å²) in [6.45, 7) is 1.57. The van der Waals surface area contributed by atoms with Crippen molar-refractivity contribution in [2.24, 2.45) is 0 Å². The number of nitrogens with one attached hydrogen (secondary N) is 1. The number of nitrogens with zero attached hydrogens (tertiary/aromatic N) is 4. The smallest absolute Gasteiger partial charge is 0.139 e. The quantitative estimate of drug-likeness (QED) is 0.771. The van der Waals surface area contributed by atoms with Crippen LogP contribution in [0.3, 0.4) is 0 Å². The van der Waals surface area contributed by atoms with E-state index in [1.54, 1.807) is 32.1 Å². The maximum atomic E-state index is 5.56. The van der Waals surface area contributed by atoms with Crippen LogP contribution in [0.4, 0.5) is 11.6 Å². The van der Waals surface area contributed by atoms with E-state index in [0.717, 1.165) is 42.1 Å². The second-order valence-corrected chi connectivity index (χ2v) is 5.84. The molecule has 0 radical (unpaired) electrons. The maximum absolute atomic E-state index is 5.56. The minimum atomic E-state index is 0.199. The molecule has 0 bridgehead atoms. The highest BCUT2D eigenvalue weighted by Gasteiger charge is 2.33. The lowest BCUT2D eigenvalue weighted by Gasteiger charge is -2.25. The number of pyridine rings is 1. The van der Waals surface area contributed by atoms with E-state index < -0.39 is 0 Å². The number of ether oxygens (including phenoxy) is 1. The molecule has 4 rings (SSSR count). The molecule has 0 aliphatic carbocycles. The van der Waals surface area contributed by atoms with Crippen LogP contribution in [-0.2, 0) is 4.74 Å². The van der Waals surface area contributed by atoms with E-state index in [4.69, 9.17) is 9.15 Å². The molecule has 1 aliphatic rings. The zero-order valence-corrected chi connectivity index (χ0v) is 13.4. The molecule has 7 heteroatoms. The third-order valence-corrected chi connectivity index (χ3v) is 4.45. The first-order valence-electron chi connectivity index (χ1n) is 7.96. The van der Waals surface area contributed by atoms with E-state index >= 15 is 0 Å². The number of furan rings is 1. The Kier molecular flexibility index (Phi) is 4.00. The van der Waals surface area contributed by atoms with Crippen LogP contribution in [0.25, 0.3) is 11.0 Å². The highest BCUT2D eigenvalue weighted by Crippen LogP contribution is 2.27. The Hall–Kier alpha value is -2.67. The van der Waals surface area contributed by atoms with Crippen LogP contribution < -0.4 is 10.2 Å². The van der Waals surface area contributed by atoms with Crippen molar-refractivity contribution in [3.63, 3.8) is 0 Å². The largest absolute Gasteiger partial charge is 0.464 e. The zero-order valence-electron chi connectivity index (χ0n) is 13.4. The molecule has 0 amide bonds. The molecule has 24 heavy (non-hydrogen) atoms. The summed E-state index contributed by atoms with van der Waals surface area (Å²) in [7, 11) is 1.76. The lowest BCUT2D eigenvalue weighted by atomic mass is 10.2. The molecule has 124 valence electrons. The van der Waals surface area contributed by atoms with Crippen LogP contribution in [-0.4, -0.2) is 47.3 Å². The van der Waals surface area contributed by atoms with Gasteiger partial charge in [-0.2, -0.15) is 0 Å². The Morgan fingerprint density at radius 2 is 2.25 bits per heavy atom. The van der Waals surface area contributed by atoms with E-state index in [9.17, 15) is 0 Å². The van der Waals surface area contributed by atoms with Gasteiger partial charge in [-0.05, 0) is 24.6 Å². The van der Waals surface area contributed by atoms with Gasteiger partial charge in [-0.25, -0.2) is 15.0 Å². The third-order valence-electron chi connectivity index (χ3n) is 4.45. The fourth-order valence-corrected chi connectivity index (χ4v) is 3.22. The summed E-state index contributed by atoms with van der Waals surface area (Å²) in [5.41, 5.74) is 0.835. The van der Waals surface area contributed by atoms with Gasteiger partial charge < -0.3 is 19.4 Å². The first-order valence-corrected chi connectivity index (χ1v) is 7.96. The topological polar surface area (TPSA) is 76.3 Å². The highest BCUT2D eigenvalue weighted by molar-refractivity contribution is 5.87. The van der Waals surface area contributed by atoms with Gasteiger partial charge in [-0.15, -0.1) is 0 Å². The molecule has 0 spiro atoms. The van der Waals surface area contributed by atoms with Gasteiger partial charge in [0.05, 0.1) is 23.8 Å². The van der Waals surface area contributed by atoms with Crippen molar-refractivity contribution in [3.8, 4) is 0 Å². The molecule has 7 nitrogen and oxygen atoms in total. The Bertz CT molecular complexity index is 807. The second-order valence-electron chi connectivity index (χ2n) is 5.84. The lowest BCUT2D eigenvalue weighted by Crippen LogP contribution is -2.35. The number of aromatic nitrogens is 3. The van der Waals surface area contributed by atoms with Crippen molar-refractivity contribution < 1.29 is 9.15 Å². The molecule has 0 unspecified atom stereocenters. The zero-order chi connectivity index (χ0) is 16.4. The molecule has 1 N–H and O–H groups in total. The summed E-state index contributed by atoms with van der Waals surface area (Å²) >= 11 is 0. The third kappa shape index (κ3) is 2.78. The van der Waals surface area contributed by atoms with Crippen LogP contribution in [0.5, 0.6) is 0 Å². The minimum Gasteiger partial charge on any atom is -0.464 e. The molecule has 3 aromatic heterocycles. The first-order chi connectivity index (χ1) is 11.8. The fourth-order valence-electron chi connectivity index (χ4n) is 3.22. The summed E-state index contributed by atoms with van der Waals surface area (Å²) in [5, 5.41) is 4.44. The summed E-state index contributed by atoms with van der Waals surface area (Å²) in [6.07, 6.45) is 7.91. The van der Waals surface area contributed by atoms with Crippen LogP contribution in [0.2, 0.25) is 0 Å². The number of hydrogen-bond acceptors (Lipinski definition) is 7. The van der Waals surface area contributed by atoms with Crippen molar-refractivity contribution in [3.05, 3.63) is 43.2 Å². The standard InChI is InChI=1S/C17H19N5O2/c1-23-13-8-12(22(10-13)16-3-5-18-11-21-16)9-20-17-14-4-7-24-15(14)2-6-19-17/h2-7,11-13H,8-10H2,1H3,(H,19,20)/t12-,13-/m1/s1. The molecule has 4 heterocycles. The van der Waals surface area contributed by atoms with Crippen molar-refractivity contribution >= 4 is 22.6 Å². The first kappa shape index (κ1) is 14.9. The Balaban J connectivity index is 1.52. The van der Waals surface area contributed by atoms with Crippen LogP contribution in [0.15, 0.2) is 47.6 Å². The van der Waals surface area contributed by atoms with Gasteiger partial charge in [0.1, 0.15) is 23.5 Å². The van der Waals surface area contributed by atoms with Crippen molar-refractivity contribution in [2.45, 2.75) is 18.6 Å². The Morgan fingerprint density at radius 1 is 1.29 bits per heavy atom. The molecular formula is C17H19N5O2. The van der Waals surface area contributed by atoms with Gasteiger partial charge in [0, 0.05) is 32.6 Å². The normalized spacial score (nSPS) is 20.6. The average molecular weight is 325 g/mol. The predicted octanol–water partition coefficient (Wildman–Crippen LogP) is 2.32. The number of rotatable bonds is 5. The summed E-state index contributed by atoms with van der Waals surface area (Å²) in [6, 6.07) is 6.00. The van der Waals surface area contributed by atoms with Crippen molar-refractivity contribution in [1.29, 1.82) is 0 Å². The molecule has 2 atom stereocenters. The molecule has 0 aromatic carbocycles. The lowest BCUT2D eigenvalue weighted by molar-refractivity contribution is 0.118. The van der Waals surface area contributed by atoms with Crippen molar-refractivity contribution in [2.75, 3.05) is 30.4 Å². The van der Waals surface area contributed by atoms with Crippen LogP contribution >= 0.6 is 0 Å². The molecule has 1 fully saturated rings. The summed E-state index contributed by atoms with van der Waals surface area (Å²) in [5.74, 6) is 1.76. The summed E-state index contributed by atoms with van der Waals surface area (Å²) in [4.78, 5) is 15.1. The Labute approximate surface area is 139 Å². The Morgan fingerprint density at radius 3 is 3.08 bits per heavy atom. The highest BCUT2D eigenvalue weighted by atomic mass is 16.5. The molecule has 3 aromatic rings. The van der Waals surface area contributed by atoms with Gasteiger partial charge in [0.2, 0.25) is 0 Å². The molecular weight excluding hydrogens is 306 g/mol. The SMILES string of the molecule is CO[C@@H]1C[C@H](CNc2nccc3occc23)N(c2ccncn2)C1. The fraction of sp³-hybridized carbons (Fsp3) is 0.353.